The van der Waals surface area contributed by atoms with Crippen molar-refractivity contribution >= 4 is 17.3 Å². The number of hydrogen-bond acceptors (Lipinski definition) is 5. The van der Waals surface area contributed by atoms with E-state index in [4.69, 9.17) is 9.84 Å². The number of aromatic nitrogens is 1. The second-order valence-corrected chi connectivity index (χ2v) is 5.42. The Balaban J connectivity index is 2.38. The van der Waals surface area contributed by atoms with E-state index in [1.807, 2.05) is 0 Å². The lowest BCUT2D eigenvalue weighted by atomic mass is 10.0. The molecule has 0 saturated carbocycles. The maximum absolute atomic E-state index is 12.4. The molecule has 0 amide bonds. The summed E-state index contributed by atoms with van der Waals surface area (Å²) >= 11 is 0. The van der Waals surface area contributed by atoms with Crippen LogP contribution in [0.2, 0.25) is 0 Å². The molecule has 0 aliphatic carbocycles. The highest BCUT2D eigenvalue weighted by atomic mass is 16.5. The molecule has 0 atom stereocenters. The minimum absolute atomic E-state index is 0.307. The molecule has 1 aromatic heterocycles. The summed E-state index contributed by atoms with van der Waals surface area (Å²) in [5.41, 5.74) is 0.300. The average molecular weight is 355 g/mol. The molecule has 0 fully saturated rings. The molecule has 2 rings (SSSR count). The van der Waals surface area contributed by atoms with Gasteiger partial charge in [0.2, 0.25) is 0 Å². The Morgan fingerprint density at radius 1 is 1.31 bits per heavy atom. The van der Waals surface area contributed by atoms with Crippen LogP contribution in [0.4, 0.5) is 0 Å². The number of benzene rings is 1. The molecule has 7 nitrogen and oxygen atoms in total. The summed E-state index contributed by atoms with van der Waals surface area (Å²) in [5, 5.41) is 18.6. The summed E-state index contributed by atoms with van der Waals surface area (Å²) in [6, 6.07) is 7.71. The van der Waals surface area contributed by atoms with E-state index in [2.05, 4.69) is 11.6 Å². The Bertz CT molecular complexity index is 955. The van der Waals surface area contributed by atoms with Crippen LogP contribution in [0.15, 0.2) is 53.9 Å². The second kappa shape index (κ2) is 7.98. The van der Waals surface area contributed by atoms with Crippen LogP contribution in [-0.4, -0.2) is 33.6 Å². The van der Waals surface area contributed by atoms with Gasteiger partial charge in [-0.3, -0.25) is 9.59 Å². The Morgan fingerprint density at radius 3 is 2.65 bits per heavy atom. The molecule has 0 aliphatic rings. The van der Waals surface area contributed by atoms with E-state index in [9.17, 15) is 19.5 Å². The van der Waals surface area contributed by atoms with E-state index in [0.29, 0.717) is 22.6 Å². The summed E-state index contributed by atoms with van der Waals surface area (Å²) < 4.78 is 5.10. The van der Waals surface area contributed by atoms with Gasteiger partial charge in [-0.1, -0.05) is 24.8 Å². The normalized spacial score (nSPS) is 11.0. The van der Waals surface area contributed by atoms with E-state index in [1.54, 1.807) is 31.2 Å². The van der Waals surface area contributed by atoms with E-state index in [0.717, 1.165) is 0 Å². The second-order valence-electron chi connectivity index (χ2n) is 5.42. The molecule has 7 heteroatoms. The Morgan fingerprint density at radius 2 is 2.04 bits per heavy atom. The number of carboxylic acid groups (broad SMARTS) is 1. The lowest BCUT2D eigenvalue weighted by molar-refractivity contribution is -0.139. The first-order valence-corrected chi connectivity index (χ1v) is 7.58. The van der Waals surface area contributed by atoms with Crippen molar-refractivity contribution < 1.29 is 24.5 Å². The predicted molar refractivity (Wildman–Crippen MR) is 95.5 cm³/mol. The molecule has 0 aliphatic heterocycles. The molecule has 134 valence electrons. The molecule has 1 aromatic carbocycles. The highest BCUT2D eigenvalue weighted by Gasteiger charge is 2.15. The molecule has 1 heterocycles. The van der Waals surface area contributed by atoms with Gasteiger partial charge in [0.1, 0.15) is 17.1 Å². The Hall–Kier alpha value is -3.61. The van der Waals surface area contributed by atoms with Crippen molar-refractivity contribution in [2.75, 3.05) is 6.61 Å². The summed E-state index contributed by atoms with van der Waals surface area (Å²) in [7, 11) is 0. The molecule has 0 radical (unpaired) electrons. The first-order valence-electron chi connectivity index (χ1n) is 7.58. The van der Waals surface area contributed by atoms with Gasteiger partial charge in [-0.2, -0.15) is 0 Å². The summed E-state index contributed by atoms with van der Waals surface area (Å²) in [4.78, 5) is 37.4. The fourth-order valence-electron chi connectivity index (χ4n) is 2.29. The van der Waals surface area contributed by atoms with E-state index >= 15 is 0 Å². The van der Waals surface area contributed by atoms with Crippen LogP contribution in [0, 0.1) is 6.92 Å². The maximum atomic E-state index is 12.4. The number of carboxylic acids is 1. The largest absolute Gasteiger partial charge is 0.507 e. The maximum Gasteiger partial charge on any atom is 0.341 e. The number of aryl methyl sites for hydroxylation is 1. The molecule has 3 N–H and O–H groups in total. The number of aromatic amines is 1. The number of H-pyrrole nitrogens is 1. The Labute approximate surface area is 148 Å². The van der Waals surface area contributed by atoms with Crippen molar-refractivity contribution in [1.82, 2.24) is 4.98 Å². The van der Waals surface area contributed by atoms with Crippen LogP contribution in [0.1, 0.15) is 21.6 Å². The zero-order chi connectivity index (χ0) is 19.3. The third-order valence-electron chi connectivity index (χ3n) is 3.43. The number of aromatic hydroxyl groups is 1. The van der Waals surface area contributed by atoms with Crippen molar-refractivity contribution in [1.29, 1.82) is 0 Å². The van der Waals surface area contributed by atoms with Crippen LogP contribution in [0.25, 0.3) is 5.57 Å². The lowest BCUT2D eigenvalue weighted by Crippen LogP contribution is -2.17. The zero-order valence-electron chi connectivity index (χ0n) is 14.0. The standard InChI is InChI=1S/C19H17NO6/c1-3-12(13-5-4-6-14(8-13)26-10-17(23)24)9-16(22)18-15(21)7-11(2)20-19(18)25/h3-9H,1,10H2,2H3,(H,23,24)(H2,20,21,25). The molecule has 0 saturated heterocycles. The van der Waals surface area contributed by atoms with Gasteiger partial charge in [-0.25, -0.2) is 4.79 Å². The van der Waals surface area contributed by atoms with Gasteiger partial charge in [0, 0.05) is 5.69 Å². The molecule has 0 bridgehead atoms. The number of hydrogen-bond donors (Lipinski definition) is 3. The topological polar surface area (TPSA) is 117 Å². The third-order valence-corrected chi connectivity index (χ3v) is 3.43. The fourth-order valence-corrected chi connectivity index (χ4v) is 2.29. The summed E-state index contributed by atoms with van der Waals surface area (Å²) in [5.74, 6) is -1.90. The van der Waals surface area contributed by atoms with Crippen molar-refractivity contribution in [2.24, 2.45) is 0 Å². The first-order chi connectivity index (χ1) is 12.3. The number of allylic oxidation sites excluding steroid dienone is 3. The van der Waals surface area contributed by atoms with Gasteiger partial charge >= 0.3 is 5.97 Å². The average Bonchev–Trinajstić information content (AvgIpc) is 2.57. The van der Waals surface area contributed by atoms with Crippen molar-refractivity contribution in [2.45, 2.75) is 6.92 Å². The number of carbonyl (C=O) groups excluding carboxylic acids is 1. The van der Waals surface area contributed by atoms with Gasteiger partial charge < -0.3 is 19.9 Å². The molecule has 2 aromatic rings. The van der Waals surface area contributed by atoms with Crippen molar-refractivity contribution in [3.63, 3.8) is 0 Å². The summed E-state index contributed by atoms with van der Waals surface area (Å²) in [6.07, 6.45) is 2.58. The van der Waals surface area contributed by atoms with Crippen LogP contribution in [0.3, 0.4) is 0 Å². The summed E-state index contributed by atoms with van der Waals surface area (Å²) in [6.45, 7) is 4.73. The van der Waals surface area contributed by atoms with Crippen LogP contribution in [0.5, 0.6) is 11.5 Å². The van der Waals surface area contributed by atoms with Gasteiger partial charge in [-0.05, 0) is 42.3 Å². The number of nitrogens with one attached hydrogen (secondary N) is 1. The highest BCUT2D eigenvalue weighted by Crippen LogP contribution is 2.23. The van der Waals surface area contributed by atoms with Gasteiger partial charge in [0.05, 0.1) is 0 Å². The van der Waals surface area contributed by atoms with Crippen LogP contribution in [-0.2, 0) is 4.79 Å². The minimum Gasteiger partial charge on any atom is -0.507 e. The number of pyridine rings is 1. The zero-order valence-corrected chi connectivity index (χ0v) is 14.0. The third kappa shape index (κ3) is 4.47. The number of carbonyl (C=O) groups is 2. The van der Waals surface area contributed by atoms with E-state index in [1.165, 1.54) is 18.2 Å². The van der Waals surface area contributed by atoms with Crippen molar-refractivity contribution in [3.05, 3.63) is 76.2 Å². The minimum atomic E-state index is -1.11. The quantitative estimate of drug-likeness (QED) is 0.399. The SMILES string of the molecule is C=CC(=CC(=O)c1c(O)cc(C)[nH]c1=O)c1cccc(OCC(=O)O)c1. The van der Waals surface area contributed by atoms with Gasteiger partial charge in [-0.15, -0.1) is 0 Å². The van der Waals surface area contributed by atoms with Gasteiger partial charge in [0.15, 0.2) is 12.4 Å². The highest BCUT2D eigenvalue weighted by molar-refractivity contribution is 6.10. The number of rotatable bonds is 7. The molecular weight excluding hydrogens is 338 g/mol. The van der Waals surface area contributed by atoms with Crippen molar-refractivity contribution in [3.8, 4) is 11.5 Å². The molecule has 26 heavy (non-hydrogen) atoms. The number of aliphatic carboxylic acids is 1. The number of ether oxygens (including phenoxy) is 1. The van der Waals surface area contributed by atoms with Gasteiger partial charge in [0.25, 0.3) is 5.56 Å². The molecule has 0 spiro atoms. The number of ketones is 1. The monoisotopic (exact) mass is 355 g/mol. The van der Waals surface area contributed by atoms with Crippen LogP contribution >= 0.6 is 0 Å². The smallest absolute Gasteiger partial charge is 0.341 e. The first kappa shape index (κ1) is 18.7. The molecule has 0 unspecified atom stereocenters. The van der Waals surface area contributed by atoms with E-state index in [-0.39, 0.29) is 5.56 Å². The Kier molecular flexibility index (Phi) is 5.74. The fraction of sp³-hybridized carbons (Fsp3) is 0.105. The predicted octanol–water partition coefficient (Wildman–Crippen LogP) is 2.30. The molecular formula is C19H17NO6. The lowest BCUT2D eigenvalue weighted by Gasteiger charge is -2.07. The van der Waals surface area contributed by atoms with E-state index < -0.39 is 29.7 Å². The van der Waals surface area contributed by atoms with Crippen LogP contribution < -0.4 is 10.3 Å².